The molecule has 1 saturated carbocycles. The number of nitrogens with one attached hydrogen (secondary N) is 2. The summed E-state index contributed by atoms with van der Waals surface area (Å²) in [5, 5.41) is 12.2. The van der Waals surface area contributed by atoms with Crippen LogP contribution in [-0.4, -0.2) is 65.9 Å². The van der Waals surface area contributed by atoms with Gasteiger partial charge in [-0.3, -0.25) is 9.67 Å². The molecule has 3 unspecified atom stereocenters. The number of rotatable bonds is 6. The molecule has 1 heterocycles. The fourth-order valence-corrected chi connectivity index (χ4v) is 4.11. The number of guanidine groups is 1. The molecule has 1 aromatic heterocycles. The van der Waals surface area contributed by atoms with Gasteiger partial charge in [0, 0.05) is 43.7 Å². The van der Waals surface area contributed by atoms with Crippen LogP contribution in [0.25, 0.3) is 0 Å². The normalized spacial score (nSPS) is 23.3. The van der Waals surface area contributed by atoms with Gasteiger partial charge in [-0.25, -0.2) is 0 Å². The highest BCUT2D eigenvalue weighted by Gasteiger charge is 2.22. The number of aliphatic imine (C=N–C) groups is 1. The van der Waals surface area contributed by atoms with Crippen LogP contribution in [0.3, 0.4) is 0 Å². The van der Waals surface area contributed by atoms with Gasteiger partial charge in [-0.1, -0.05) is 6.42 Å². The van der Waals surface area contributed by atoms with Crippen molar-refractivity contribution in [3.05, 3.63) is 18.0 Å². The van der Waals surface area contributed by atoms with E-state index in [2.05, 4.69) is 52.2 Å². The van der Waals surface area contributed by atoms with Crippen LogP contribution in [0.5, 0.6) is 0 Å². The molecule has 2 N–H and O–H groups in total. The van der Waals surface area contributed by atoms with Crippen LogP contribution in [-0.2, 0) is 7.05 Å². The quantitative estimate of drug-likeness (QED) is 0.605. The second-order valence-electron chi connectivity index (χ2n) is 6.75. The predicted molar refractivity (Wildman–Crippen MR) is 104 cm³/mol. The Morgan fingerprint density at radius 3 is 2.88 bits per heavy atom. The average molecular weight is 353 g/mol. The number of thioether (sulfide) groups is 1. The van der Waals surface area contributed by atoms with Gasteiger partial charge < -0.3 is 15.5 Å². The molecule has 136 valence electrons. The van der Waals surface area contributed by atoms with E-state index >= 15 is 0 Å². The molecule has 0 aliphatic heterocycles. The van der Waals surface area contributed by atoms with E-state index in [1.165, 1.54) is 31.2 Å². The number of likely N-dealkylation sites (N-methyl/N-ethyl adjacent to an activating group) is 1. The first kappa shape index (κ1) is 19.1. The van der Waals surface area contributed by atoms with E-state index in [1.807, 2.05) is 36.7 Å². The molecule has 6 nitrogen and oxygen atoms in total. The maximum absolute atomic E-state index is 4.41. The monoisotopic (exact) mass is 352 g/mol. The maximum atomic E-state index is 4.41. The molecule has 2 rings (SSSR count). The molecule has 0 saturated heterocycles. The highest BCUT2D eigenvalue weighted by molar-refractivity contribution is 7.99. The van der Waals surface area contributed by atoms with E-state index in [9.17, 15) is 0 Å². The van der Waals surface area contributed by atoms with Crippen molar-refractivity contribution in [3.63, 3.8) is 0 Å². The third kappa shape index (κ3) is 5.41. The van der Waals surface area contributed by atoms with E-state index in [0.29, 0.717) is 6.04 Å². The Hall–Kier alpha value is -1.21. The zero-order valence-electron chi connectivity index (χ0n) is 15.6. The van der Waals surface area contributed by atoms with Gasteiger partial charge in [0.05, 0.1) is 12.2 Å². The maximum Gasteiger partial charge on any atom is 0.191 e. The van der Waals surface area contributed by atoms with Crippen LogP contribution in [0, 0.1) is 0 Å². The molecule has 24 heavy (non-hydrogen) atoms. The van der Waals surface area contributed by atoms with Crippen molar-refractivity contribution in [1.29, 1.82) is 0 Å². The second-order valence-corrected chi connectivity index (χ2v) is 7.88. The number of hydrogen-bond donors (Lipinski definition) is 2. The smallest absolute Gasteiger partial charge is 0.191 e. The Balaban J connectivity index is 1.89. The van der Waals surface area contributed by atoms with E-state index in [0.717, 1.165) is 17.8 Å². The average Bonchev–Trinajstić information content (AvgIpc) is 3.00. The lowest BCUT2D eigenvalue weighted by atomic mass is 9.95. The SMILES string of the molecule is CN=C(NCC(c1cnn(C)c1)N(C)C)NC1CCCC(SC)C1. The highest BCUT2D eigenvalue weighted by atomic mass is 32.2. The van der Waals surface area contributed by atoms with Gasteiger partial charge in [0.1, 0.15) is 0 Å². The van der Waals surface area contributed by atoms with E-state index in [1.54, 1.807) is 0 Å². The first-order valence-electron chi connectivity index (χ1n) is 8.68. The van der Waals surface area contributed by atoms with Crippen LogP contribution in [0.15, 0.2) is 17.4 Å². The van der Waals surface area contributed by atoms with Crippen LogP contribution in [0.2, 0.25) is 0 Å². The van der Waals surface area contributed by atoms with Crippen molar-refractivity contribution < 1.29 is 0 Å². The summed E-state index contributed by atoms with van der Waals surface area (Å²) in [7, 11) is 7.99. The van der Waals surface area contributed by atoms with Gasteiger partial charge in [-0.2, -0.15) is 16.9 Å². The minimum atomic E-state index is 0.266. The molecule has 3 atom stereocenters. The molecule has 1 aromatic rings. The van der Waals surface area contributed by atoms with Gasteiger partial charge in [0.15, 0.2) is 5.96 Å². The molecular weight excluding hydrogens is 320 g/mol. The Bertz CT molecular complexity index is 527. The third-order valence-corrected chi connectivity index (χ3v) is 5.81. The summed E-state index contributed by atoms with van der Waals surface area (Å²) in [5.74, 6) is 0.900. The molecule has 1 fully saturated rings. The van der Waals surface area contributed by atoms with Gasteiger partial charge in [-0.05, 0) is 39.6 Å². The summed E-state index contributed by atoms with van der Waals surface area (Å²) >= 11 is 1.99. The van der Waals surface area contributed by atoms with Crippen molar-refractivity contribution in [2.45, 2.75) is 43.0 Å². The molecular formula is C17H32N6S. The molecule has 0 radical (unpaired) electrons. The van der Waals surface area contributed by atoms with Crippen LogP contribution in [0.4, 0.5) is 0 Å². The van der Waals surface area contributed by atoms with Gasteiger partial charge >= 0.3 is 0 Å². The topological polar surface area (TPSA) is 57.5 Å². The van der Waals surface area contributed by atoms with Crippen LogP contribution < -0.4 is 10.6 Å². The minimum absolute atomic E-state index is 0.266. The lowest BCUT2D eigenvalue weighted by Crippen LogP contribution is -2.47. The Kier molecular flexibility index (Phi) is 7.42. The van der Waals surface area contributed by atoms with E-state index in [4.69, 9.17) is 0 Å². The van der Waals surface area contributed by atoms with Crippen molar-refractivity contribution in [2.24, 2.45) is 12.0 Å². The Morgan fingerprint density at radius 1 is 1.50 bits per heavy atom. The van der Waals surface area contributed by atoms with Crippen molar-refractivity contribution in [3.8, 4) is 0 Å². The summed E-state index contributed by atoms with van der Waals surface area (Å²) in [6, 6.07) is 0.793. The number of aromatic nitrogens is 2. The zero-order chi connectivity index (χ0) is 17.5. The molecule has 0 spiro atoms. The standard InChI is InChI=1S/C17H32N6S/c1-18-17(21-14-7-6-8-15(9-14)24-5)19-11-16(22(2)3)13-10-20-23(4)12-13/h10,12,14-16H,6-9,11H2,1-5H3,(H2,18,19,21). The summed E-state index contributed by atoms with van der Waals surface area (Å²) in [6.45, 7) is 0.803. The number of hydrogen-bond acceptors (Lipinski definition) is 4. The minimum Gasteiger partial charge on any atom is -0.354 e. The van der Waals surface area contributed by atoms with Crippen molar-refractivity contribution >= 4 is 17.7 Å². The first-order chi connectivity index (χ1) is 11.5. The second kappa shape index (κ2) is 9.32. The van der Waals surface area contributed by atoms with Crippen LogP contribution >= 0.6 is 11.8 Å². The fourth-order valence-electron chi connectivity index (χ4n) is 3.28. The number of aryl methyl sites for hydroxylation is 1. The Labute approximate surface area is 150 Å². The van der Waals surface area contributed by atoms with Crippen molar-refractivity contribution in [1.82, 2.24) is 25.3 Å². The van der Waals surface area contributed by atoms with Gasteiger partial charge in [0.25, 0.3) is 0 Å². The third-order valence-electron chi connectivity index (χ3n) is 4.72. The summed E-state index contributed by atoms with van der Waals surface area (Å²) in [5.41, 5.74) is 1.21. The highest BCUT2D eigenvalue weighted by Crippen LogP contribution is 2.26. The van der Waals surface area contributed by atoms with E-state index in [-0.39, 0.29) is 6.04 Å². The van der Waals surface area contributed by atoms with Crippen LogP contribution in [0.1, 0.15) is 37.3 Å². The lowest BCUT2D eigenvalue weighted by molar-refractivity contribution is 0.297. The molecule has 0 aromatic carbocycles. The molecule has 7 heteroatoms. The Morgan fingerprint density at radius 2 is 2.29 bits per heavy atom. The van der Waals surface area contributed by atoms with Gasteiger partial charge in [0.2, 0.25) is 0 Å². The number of nitrogens with zero attached hydrogens (tertiary/aromatic N) is 4. The largest absolute Gasteiger partial charge is 0.354 e. The summed E-state index contributed by atoms with van der Waals surface area (Å²) < 4.78 is 1.85. The predicted octanol–water partition coefficient (Wildman–Crippen LogP) is 1.86. The molecule has 1 aliphatic carbocycles. The van der Waals surface area contributed by atoms with Gasteiger partial charge in [-0.15, -0.1) is 0 Å². The lowest BCUT2D eigenvalue weighted by Gasteiger charge is -2.31. The summed E-state index contributed by atoms with van der Waals surface area (Å²) in [6.07, 6.45) is 11.3. The zero-order valence-corrected chi connectivity index (χ0v) is 16.4. The van der Waals surface area contributed by atoms with Crippen molar-refractivity contribution in [2.75, 3.05) is 33.9 Å². The first-order valence-corrected chi connectivity index (χ1v) is 9.97. The van der Waals surface area contributed by atoms with E-state index < -0.39 is 0 Å². The molecule has 1 aliphatic rings. The molecule has 0 bridgehead atoms. The molecule has 0 amide bonds. The fraction of sp³-hybridized carbons (Fsp3) is 0.765. The summed E-state index contributed by atoms with van der Waals surface area (Å²) in [4.78, 5) is 6.62.